The molecule has 0 N–H and O–H groups in total. The summed E-state index contributed by atoms with van der Waals surface area (Å²) < 4.78 is 97.3. The van der Waals surface area contributed by atoms with Gasteiger partial charge in [-0.3, -0.25) is 4.94 Å². The molecule has 0 bridgehead atoms. The van der Waals surface area contributed by atoms with E-state index in [-0.39, 0.29) is 0 Å². The van der Waals surface area contributed by atoms with E-state index in [1.54, 1.807) is 4.94 Å². The summed E-state index contributed by atoms with van der Waals surface area (Å²) in [5.41, 5.74) is 0. The summed E-state index contributed by atoms with van der Waals surface area (Å²) in [6.07, 6.45) is -8.84. The monoisotopic (exact) mass is 290 g/mol. The van der Waals surface area contributed by atoms with Crippen LogP contribution in [0.2, 0.25) is 0 Å². The Labute approximate surface area is 92.2 Å². The molecule has 18 heavy (non-hydrogen) atoms. The average Bonchev–Trinajstić information content (AvgIpc) is 2.34. The first-order valence-corrected chi connectivity index (χ1v) is 3.73. The molecule has 0 saturated heterocycles. The zero-order chi connectivity index (χ0) is 14.7. The van der Waals surface area contributed by atoms with Gasteiger partial charge in [-0.25, -0.2) is 23.3 Å². The highest BCUT2D eigenvalue weighted by molar-refractivity contribution is 5.79. The lowest BCUT2D eigenvalue weighted by molar-refractivity contribution is -0.273. The molecule has 0 aromatic carbocycles. The van der Waals surface area contributed by atoms with E-state index in [9.17, 15) is 45.0 Å². The second-order valence-electron chi connectivity index (χ2n) is 2.76. The molecule has 2 atom stereocenters. The number of alkyl halides is 6. The lowest BCUT2D eigenvalue weighted by Gasteiger charge is -2.26. The summed E-state index contributed by atoms with van der Waals surface area (Å²) in [6, 6.07) is 0. The van der Waals surface area contributed by atoms with Crippen LogP contribution in [0.15, 0.2) is 0 Å². The molecule has 0 rings (SSSR count). The predicted octanol–water partition coefficient (Wildman–Crippen LogP) is 1.79. The average molecular weight is 290 g/mol. The van der Waals surface area contributed by atoms with E-state index < -0.39 is 36.1 Å². The van der Waals surface area contributed by atoms with E-state index in [4.69, 9.17) is 0 Å². The zero-order valence-electron chi connectivity index (χ0n) is 7.81. The molecule has 4 nitrogen and oxygen atoms in total. The van der Waals surface area contributed by atoms with E-state index in [0.29, 0.717) is 0 Å². The van der Waals surface area contributed by atoms with Crippen molar-refractivity contribution in [2.45, 2.75) is 24.2 Å². The summed E-state index contributed by atoms with van der Waals surface area (Å²) in [5.74, 6) is -18.7. The van der Waals surface area contributed by atoms with Crippen LogP contribution in [0.1, 0.15) is 0 Å². The largest absolute Gasteiger partial charge is 0.424 e. The Hall–Kier alpha value is -1.62. The Morgan fingerprint density at radius 1 is 0.944 bits per heavy atom. The molecule has 0 spiro atoms. The van der Waals surface area contributed by atoms with Crippen LogP contribution in [0, 0.1) is 0 Å². The van der Waals surface area contributed by atoms with Gasteiger partial charge in [-0.05, 0) is 0 Å². The van der Waals surface area contributed by atoms with Crippen molar-refractivity contribution in [3.05, 3.63) is 0 Å². The molecule has 12 heteroatoms. The second kappa shape index (κ2) is 5.35. The van der Waals surface area contributed by atoms with Crippen LogP contribution in [-0.2, 0) is 19.5 Å². The molecule has 106 valence electrons. The lowest BCUT2D eigenvalue weighted by Crippen LogP contribution is -2.56. The summed E-state index contributed by atoms with van der Waals surface area (Å²) in [6.45, 7) is 0. The molecule has 0 saturated carbocycles. The van der Waals surface area contributed by atoms with Crippen molar-refractivity contribution in [3.8, 4) is 0 Å². The molecule has 0 aromatic heterocycles. The number of carbonyl (C=O) groups excluding carboxylic acids is 2. The van der Waals surface area contributed by atoms with E-state index in [2.05, 4.69) is 0 Å². The maximum Gasteiger partial charge on any atom is 0.424 e. The van der Waals surface area contributed by atoms with Gasteiger partial charge in [0, 0.05) is 9.05 Å². The number of hydrogen-bond acceptors (Lipinski definition) is 4. The minimum Gasteiger partial charge on any atom is -0.251 e. The quantitative estimate of drug-likeness (QED) is 0.724. The van der Waals surface area contributed by atoms with Crippen LogP contribution in [0.25, 0.3) is 0 Å². The smallest absolute Gasteiger partial charge is 0.251 e. The Balaban J connectivity index is 5.25. The Bertz CT molecular complexity index is 332. The van der Waals surface area contributed by atoms with Crippen molar-refractivity contribution in [1.82, 2.24) is 0 Å². The Morgan fingerprint density at radius 3 is 1.72 bits per heavy atom. The van der Waals surface area contributed by atoms with Gasteiger partial charge in [0.25, 0.3) is 0 Å². The van der Waals surface area contributed by atoms with E-state index in [0.717, 1.165) is 0 Å². The van der Waals surface area contributed by atoms with Gasteiger partial charge in [-0.2, -0.15) is 17.6 Å². The van der Waals surface area contributed by atoms with Crippen molar-refractivity contribution in [2.75, 3.05) is 0 Å². The highest BCUT2D eigenvalue weighted by atomic mass is 19.3. The fourth-order valence-corrected chi connectivity index (χ4v) is 0.704. The van der Waals surface area contributed by atoms with Gasteiger partial charge >= 0.3 is 23.8 Å². The topological polar surface area (TPSA) is 52.6 Å². The first kappa shape index (κ1) is 16.4. The summed E-state index contributed by atoms with van der Waals surface area (Å²) in [7, 11) is 0. The molecular formula is C6H2F8O4. The van der Waals surface area contributed by atoms with Crippen LogP contribution in [0.3, 0.4) is 0 Å². The Kier molecular flexibility index (Phi) is 4.87. The number of hydrogen-bond donors (Lipinski definition) is 0. The van der Waals surface area contributed by atoms with Gasteiger partial charge in [0.05, 0.1) is 0 Å². The summed E-state index contributed by atoms with van der Waals surface area (Å²) in [5, 5.41) is 0. The van der Waals surface area contributed by atoms with Gasteiger partial charge in [0.2, 0.25) is 12.3 Å². The lowest BCUT2D eigenvalue weighted by atomic mass is 10.0. The number of carbonyl (C=O) groups is 2. The van der Waals surface area contributed by atoms with Crippen molar-refractivity contribution in [1.29, 1.82) is 0 Å². The van der Waals surface area contributed by atoms with Crippen LogP contribution >= 0.6 is 0 Å². The molecule has 0 radical (unpaired) electrons. The number of halogens is 8. The molecule has 0 heterocycles. The summed E-state index contributed by atoms with van der Waals surface area (Å²) >= 11 is 0. The highest BCUT2D eigenvalue weighted by Crippen LogP contribution is 2.41. The fourth-order valence-electron chi connectivity index (χ4n) is 0.704. The highest BCUT2D eigenvalue weighted by Gasteiger charge is 2.71. The van der Waals surface area contributed by atoms with Crippen molar-refractivity contribution < 1.29 is 54.9 Å². The molecule has 0 amide bonds. The minimum absolute atomic E-state index is 1.77. The van der Waals surface area contributed by atoms with Gasteiger partial charge in [0.15, 0.2) is 0 Å². The zero-order valence-corrected chi connectivity index (χ0v) is 7.81. The standard InChI is InChI=1S/C6H2F8O4/c7-1(3(15)17-13)2(8)5(9,10)6(11,12)4(16)18-14/h1-2H. The minimum atomic E-state index is -6.18. The maximum atomic E-state index is 12.6. The van der Waals surface area contributed by atoms with Crippen LogP contribution in [0.4, 0.5) is 35.4 Å². The predicted molar refractivity (Wildman–Crippen MR) is 34.1 cm³/mol. The second-order valence-corrected chi connectivity index (χ2v) is 2.76. The molecule has 0 aliphatic rings. The van der Waals surface area contributed by atoms with Gasteiger partial charge in [0.1, 0.15) is 0 Å². The van der Waals surface area contributed by atoms with Crippen molar-refractivity contribution >= 4 is 11.9 Å². The third kappa shape index (κ3) is 2.61. The summed E-state index contributed by atoms with van der Waals surface area (Å²) in [4.78, 5) is 23.7. The first-order chi connectivity index (χ1) is 8.03. The normalized spacial score (nSPS) is 15.8. The Morgan fingerprint density at radius 2 is 1.39 bits per heavy atom. The molecule has 0 aromatic rings. The molecule has 2 unspecified atom stereocenters. The van der Waals surface area contributed by atoms with Crippen molar-refractivity contribution in [2.24, 2.45) is 0 Å². The van der Waals surface area contributed by atoms with Crippen LogP contribution < -0.4 is 0 Å². The molecule has 0 aliphatic carbocycles. The molecular weight excluding hydrogens is 288 g/mol. The SMILES string of the molecule is O=C(OF)C(F)C(F)C(F)(F)C(F)(F)C(=O)OF. The van der Waals surface area contributed by atoms with Crippen LogP contribution in [-0.4, -0.2) is 36.1 Å². The maximum absolute atomic E-state index is 12.6. The third-order valence-corrected chi connectivity index (χ3v) is 1.65. The molecule has 0 aliphatic heterocycles. The van der Waals surface area contributed by atoms with Crippen molar-refractivity contribution in [3.63, 3.8) is 0 Å². The molecule has 0 fully saturated rings. The van der Waals surface area contributed by atoms with Gasteiger partial charge in [-0.15, -0.1) is 0 Å². The third-order valence-electron chi connectivity index (χ3n) is 1.65. The van der Waals surface area contributed by atoms with E-state index in [1.165, 1.54) is 0 Å². The fraction of sp³-hybridized carbons (Fsp3) is 0.667. The van der Waals surface area contributed by atoms with Gasteiger partial charge < -0.3 is 0 Å². The van der Waals surface area contributed by atoms with E-state index >= 15 is 0 Å². The van der Waals surface area contributed by atoms with E-state index in [1.807, 2.05) is 4.94 Å². The van der Waals surface area contributed by atoms with Gasteiger partial charge in [-0.1, -0.05) is 0 Å². The van der Waals surface area contributed by atoms with Crippen LogP contribution in [0.5, 0.6) is 0 Å². The first-order valence-electron chi connectivity index (χ1n) is 3.73. The number of rotatable bonds is 5.